The van der Waals surface area contributed by atoms with Crippen LogP contribution in [-0.2, 0) is 6.42 Å². The maximum atomic E-state index is 6.48. The molecule has 1 aromatic rings. The fraction of sp³-hybridized carbons (Fsp3) is 0.600. The van der Waals surface area contributed by atoms with E-state index in [1.54, 1.807) is 14.2 Å². The summed E-state index contributed by atoms with van der Waals surface area (Å²) in [6.07, 6.45) is 0.874. The third kappa shape index (κ3) is 3.37. The van der Waals surface area contributed by atoms with E-state index in [1.165, 1.54) is 0 Å². The molecule has 4 nitrogen and oxygen atoms in total. The van der Waals surface area contributed by atoms with E-state index in [1.807, 2.05) is 13.0 Å². The Morgan fingerprint density at radius 1 is 1.25 bits per heavy atom. The smallest absolute Gasteiger partial charge is 0.140 e. The Bertz CT molecular complexity index is 460. The first kappa shape index (κ1) is 15.4. The molecule has 5 heteroatoms. The Balaban J connectivity index is 2.16. The van der Waals surface area contributed by atoms with Gasteiger partial charge in [0.2, 0.25) is 0 Å². The summed E-state index contributed by atoms with van der Waals surface area (Å²) in [5.74, 6) is 1.60. The predicted octanol–water partition coefficient (Wildman–Crippen LogP) is 2.11. The minimum Gasteiger partial charge on any atom is -0.496 e. The van der Waals surface area contributed by atoms with Crippen LogP contribution in [0, 0.1) is 6.92 Å². The van der Waals surface area contributed by atoms with Crippen LogP contribution in [0.3, 0.4) is 0 Å². The van der Waals surface area contributed by atoms with Crippen LogP contribution in [0.4, 0.5) is 0 Å². The minimum atomic E-state index is 0.680. The Kier molecular flexibility index (Phi) is 5.52. The molecule has 1 aromatic carbocycles. The molecule has 0 aliphatic carbocycles. The molecule has 0 saturated carbocycles. The van der Waals surface area contributed by atoms with Crippen molar-refractivity contribution in [2.75, 3.05) is 46.9 Å². The molecule has 1 aliphatic heterocycles. The van der Waals surface area contributed by atoms with E-state index in [2.05, 4.69) is 10.2 Å². The first-order valence-electron chi connectivity index (χ1n) is 7.00. The number of piperazine rings is 1. The third-order valence-electron chi connectivity index (χ3n) is 3.78. The van der Waals surface area contributed by atoms with Gasteiger partial charge in [0.15, 0.2) is 0 Å². The van der Waals surface area contributed by atoms with Gasteiger partial charge in [-0.2, -0.15) is 0 Å². The fourth-order valence-electron chi connectivity index (χ4n) is 2.64. The second-order valence-corrected chi connectivity index (χ2v) is 5.44. The third-order valence-corrected chi connectivity index (χ3v) is 4.18. The van der Waals surface area contributed by atoms with Gasteiger partial charge in [-0.25, -0.2) is 0 Å². The van der Waals surface area contributed by atoms with Gasteiger partial charge in [0, 0.05) is 38.3 Å². The summed E-state index contributed by atoms with van der Waals surface area (Å²) in [5, 5.41) is 4.04. The van der Waals surface area contributed by atoms with Gasteiger partial charge >= 0.3 is 0 Å². The molecule has 0 radical (unpaired) electrons. The Hall–Kier alpha value is -0.970. The zero-order valence-electron chi connectivity index (χ0n) is 12.5. The van der Waals surface area contributed by atoms with Gasteiger partial charge in [-0.15, -0.1) is 0 Å². The molecule has 0 atom stereocenters. The maximum absolute atomic E-state index is 6.48. The molecule has 0 bridgehead atoms. The van der Waals surface area contributed by atoms with Gasteiger partial charge < -0.3 is 19.7 Å². The summed E-state index contributed by atoms with van der Waals surface area (Å²) < 4.78 is 10.9. The second kappa shape index (κ2) is 7.16. The molecule has 2 rings (SSSR count). The van der Waals surface area contributed by atoms with Crippen molar-refractivity contribution in [3.05, 3.63) is 22.2 Å². The molecule has 1 heterocycles. The number of nitrogens with one attached hydrogen (secondary N) is 1. The van der Waals surface area contributed by atoms with E-state index < -0.39 is 0 Å². The Labute approximate surface area is 126 Å². The van der Waals surface area contributed by atoms with Crippen molar-refractivity contribution in [2.45, 2.75) is 13.3 Å². The quantitative estimate of drug-likeness (QED) is 0.903. The lowest BCUT2D eigenvalue weighted by atomic mass is 10.1. The molecule has 1 saturated heterocycles. The van der Waals surface area contributed by atoms with Crippen LogP contribution in [0.15, 0.2) is 6.07 Å². The summed E-state index contributed by atoms with van der Waals surface area (Å²) in [6, 6.07) is 2.00. The lowest BCUT2D eigenvalue weighted by Gasteiger charge is -2.27. The van der Waals surface area contributed by atoms with Gasteiger partial charge in [0.25, 0.3) is 0 Å². The standard InChI is InChI=1S/C15H23ClN2O2/c1-11-10-13(19-2)12(14(16)15(11)20-3)4-7-18-8-5-17-6-9-18/h10,17H,4-9H2,1-3H3. The van der Waals surface area contributed by atoms with Crippen LogP contribution in [0.5, 0.6) is 11.5 Å². The van der Waals surface area contributed by atoms with Crippen LogP contribution in [0.2, 0.25) is 5.02 Å². The van der Waals surface area contributed by atoms with Crippen molar-refractivity contribution >= 4 is 11.6 Å². The lowest BCUT2D eigenvalue weighted by Crippen LogP contribution is -2.44. The summed E-state index contributed by atoms with van der Waals surface area (Å²) in [4.78, 5) is 2.44. The van der Waals surface area contributed by atoms with Crippen LogP contribution in [-0.4, -0.2) is 51.8 Å². The maximum Gasteiger partial charge on any atom is 0.140 e. The first-order chi connectivity index (χ1) is 9.67. The van der Waals surface area contributed by atoms with E-state index in [-0.39, 0.29) is 0 Å². The fourth-order valence-corrected chi connectivity index (χ4v) is 3.05. The van der Waals surface area contributed by atoms with Gasteiger partial charge in [-0.05, 0) is 25.0 Å². The first-order valence-corrected chi connectivity index (χ1v) is 7.38. The average Bonchev–Trinajstić information content (AvgIpc) is 2.47. The summed E-state index contributed by atoms with van der Waals surface area (Å²) in [6.45, 7) is 7.26. The zero-order chi connectivity index (χ0) is 14.5. The highest BCUT2D eigenvalue weighted by Crippen LogP contribution is 2.38. The van der Waals surface area contributed by atoms with E-state index in [4.69, 9.17) is 21.1 Å². The van der Waals surface area contributed by atoms with Crippen molar-refractivity contribution in [2.24, 2.45) is 0 Å². The number of halogens is 1. The van der Waals surface area contributed by atoms with E-state index in [9.17, 15) is 0 Å². The number of rotatable bonds is 5. The van der Waals surface area contributed by atoms with Gasteiger partial charge in [0.1, 0.15) is 11.5 Å². The largest absolute Gasteiger partial charge is 0.496 e. The molecule has 1 fully saturated rings. The van der Waals surface area contributed by atoms with Crippen LogP contribution in [0.25, 0.3) is 0 Å². The summed E-state index contributed by atoms with van der Waals surface area (Å²) in [5.41, 5.74) is 2.04. The molecule has 20 heavy (non-hydrogen) atoms. The molecule has 0 spiro atoms. The average molecular weight is 299 g/mol. The predicted molar refractivity (Wildman–Crippen MR) is 82.3 cm³/mol. The lowest BCUT2D eigenvalue weighted by molar-refractivity contribution is 0.243. The monoisotopic (exact) mass is 298 g/mol. The minimum absolute atomic E-state index is 0.680. The second-order valence-electron chi connectivity index (χ2n) is 5.06. The number of ether oxygens (including phenoxy) is 2. The van der Waals surface area contributed by atoms with Crippen molar-refractivity contribution in [1.29, 1.82) is 0 Å². The Morgan fingerprint density at radius 3 is 2.55 bits per heavy atom. The van der Waals surface area contributed by atoms with E-state index in [0.29, 0.717) is 5.02 Å². The highest BCUT2D eigenvalue weighted by Gasteiger charge is 2.17. The topological polar surface area (TPSA) is 33.7 Å². The number of hydrogen-bond acceptors (Lipinski definition) is 4. The van der Waals surface area contributed by atoms with Crippen LogP contribution >= 0.6 is 11.6 Å². The van der Waals surface area contributed by atoms with Gasteiger partial charge in [-0.1, -0.05) is 11.6 Å². The van der Waals surface area contributed by atoms with Crippen LogP contribution < -0.4 is 14.8 Å². The van der Waals surface area contributed by atoms with Gasteiger partial charge in [-0.3, -0.25) is 0 Å². The van der Waals surface area contributed by atoms with Gasteiger partial charge in [0.05, 0.1) is 19.2 Å². The molecule has 1 N–H and O–H groups in total. The molecule has 0 aromatic heterocycles. The molecule has 0 amide bonds. The van der Waals surface area contributed by atoms with E-state index >= 15 is 0 Å². The molecule has 112 valence electrons. The number of methoxy groups -OCH3 is 2. The van der Waals surface area contributed by atoms with E-state index in [0.717, 1.165) is 61.8 Å². The van der Waals surface area contributed by atoms with Crippen molar-refractivity contribution in [1.82, 2.24) is 10.2 Å². The van der Waals surface area contributed by atoms with Crippen LogP contribution in [0.1, 0.15) is 11.1 Å². The SMILES string of the molecule is COc1cc(C)c(OC)c(Cl)c1CCN1CCNCC1. The highest BCUT2D eigenvalue weighted by atomic mass is 35.5. The summed E-state index contributed by atoms with van der Waals surface area (Å²) in [7, 11) is 3.34. The summed E-state index contributed by atoms with van der Waals surface area (Å²) >= 11 is 6.48. The number of nitrogens with zero attached hydrogens (tertiary/aromatic N) is 1. The highest BCUT2D eigenvalue weighted by molar-refractivity contribution is 6.33. The molecule has 0 unspecified atom stereocenters. The zero-order valence-corrected chi connectivity index (χ0v) is 13.2. The molecular formula is C15H23ClN2O2. The normalized spacial score (nSPS) is 16.2. The number of aryl methyl sites for hydroxylation is 1. The number of benzene rings is 1. The molecular weight excluding hydrogens is 276 g/mol. The van der Waals surface area contributed by atoms with Crippen molar-refractivity contribution in [3.8, 4) is 11.5 Å². The van der Waals surface area contributed by atoms with Crippen molar-refractivity contribution in [3.63, 3.8) is 0 Å². The Morgan fingerprint density at radius 2 is 1.95 bits per heavy atom. The van der Waals surface area contributed by atoms with Crippen molar-refractivity contribution < 1.29 is 9.47 Å². The number of hydrogen-bond donors (Lipinski definition) is 1. The molecule has 1 aliphatic rings.